The van der Waals surface area contributed by atoms with Crippen molar-refractivity contribution >= 4 is 60.6 Å². The first-order valence-corrected chi connectivity index (χ1v) is 18.0. The van der Waals surface area contributed by atoms with Gasteiger partial charge in [0.1, 0.15) is 46.8 Å². The number of thiophene rings is 1. The predicted molar refractivity (Wildman–Crippen MR) is 195 cm³/mol. The Labute approximate surface area is 310 Å². The normalized spacial score (nSPS) is 20.2. The zero-order chi connectivity index (χ0) is 37.7. The van der Waals surface area contributed by atoms with Crippen molar-refractivity contribution in [1.82, 2.24) is 19.9 Å². The van der Waals surface area contributed by atoms with Crippen molar-refractivity contribution in [1.29, 1.82) is 5.26 Å². The Bertz CT molecular complexity index is 2240. The monoisotopic (exact) mass is 772 g/mol. The molecule has 2 fully saturated rings. The molecule has 3 aromatic heterocycles. The third-order valence-electron chi connectivity index (χ3n) is 10.2. The molecule has 3 aliphatic heterocycles. The molecule has 10 nitrogen and oxygen atoms in total. The van der Waals surface area contributed by atoms with Crippen LogP contribution in [-0.4, -0.2) is 78.4 Å². The van der Waals surface area contributed by atoms with Gasteiger partial charge in [0.2, 0.25) is 6.43 Å². The van der Waals surface area contributed by atoms with Gasteiger partial charge in [0.25, 0.3) is 0 Å². The lowest BCUT2D eigenvalue weighted by atomic mass is 9.88. The first-order valence-electron chi connectivity index (χ1n) is 16.8. The van der Waals surface area contributed by atoms with Crippen LogP contribution in [-0.2, 0) is 0 Å². The molecule has 3 aliphatic rings. The molecule has 3 unspecified atom stereocenters. The van der Waals surface area contributed by atoms with E-state index in [1.807, 2.05) is 6.07 Å². The van der Waals surface area contributed by atoms with Crippen molar-refractivity contribution in [3.05, 3.63) is 58.2 Å². The molecule has 0 aliphatic carbocycles. The minimum atomic E-state index is -2.71. The number of likely N-dealkylation sites (N-methyl/N-ethyl adjacent to an activating group) is 1. The van der Waals surface area contributed by atoms with Gasteiger partial charge < -0.3 is 25.8 Å². The first-order chi connectivity index (χ1) is 25.4. The number of hydrogen-bond donors (Lipinski definition) is 2. The Morgan fingerprint density at radius 3 is 2.68 bits per heavy atom. The zero-order valence-electron chi connectivity index (χ0n) is 28.6. The van der Waals surface area contributed by atoms with Gasteiger partial charge in [0, 0.05) is 49.1 Å². The molecule has 0 saturated carbocycles. The van der Waals surface area contributed by atoms with Crippen LogP contribution in [0.3, 0.4) is 0 Å². The highest BCUT2D eigenvalue weighted by Gasteiger charge is 2.39. The summed E-state index contributed by atoms with van der Waals surface area (Å²) in [6, 6.07) is 7.17. The number of halogens is 6. The molecule has 278 valence electrons. The largest absolute Gasteiger partial charge is 0.489 e. The van der Waals surface area contributed by atoms with Crippen LogP contribution in [0.15, 0.2) is 30.5 Å². The molecule has 0 amide bonds. The molecule has 4 atom stereocenters. The Hall–Kier alpha value is -4.72. The number of ether oxygens (including phenoxy) is 2. The fraction of sp³-hybridized carbons (Fsp3) is 0.389. The van der Waals surface area contributed by atoms with Gasteiger partial charge in [0.05, 0.1) is 33.8 Å². The van der Waals surface area contributed by atoms with Crippen LogP contribution in [0.4, 0.5) is 38.6 Å². The van der Waals surface area contributed by atoms with Crippen LogP contribution in [0, 0.1) is 23.0 Å². The SMILES string of the molecule is COc1nc2c3c(c(Cl)c(-c4ccc(F)c5sc(N)c(C#N)c45)c(F)c3n1)OCC([C@H](CC(F)F)c1cccnc1N)N2C.FC1CC2CCCN2C1. The highest BCUT2D eigenvalue weighted by molar-refractivity contribution is 7.23. The van der Waals surface area contributed by atoms with E-state index in [1.165, 1.54) is 32.2 Å². The number of nitriles is 1. The van der Waals surface area contributed by atoms with Crippen LogP contribution >= 0.6 is 22.9 Å². The van der Waals surface area contributed by atoms with Crippen LogP contribution in [0.1, 0.15) is 42.7 Å². The fourth-order valence-electron chi connectivity index (χ4n) is 7.74. The lowest BCUT2D eigenvalue weighted by molar-refractivity contribution is 0.118. The number of fused-ring (bicyclic) bond motifs is 2. The summed E-state index contributed by atoms with van der Waals surface area (Å²) in [5.74, 6) is -2.31. The molecular weight excluding hydrogens is 739 g/mol. The minimum Gasteiger partial charge on any atom is -0.489 e. The van der Waals surface area contributed by atoms with Gasteiger partial charge in [-0.2, -0.15) is 15.2 Å². The second-order valence-electron chi connectivity index (χ2n) is 13.2. The van der Waals surface area contributed by atoms with Crippen molar-refractivity contribution in [3.8, 4) is 29.0 Å². The van der Waals surface area contributed by atoms with Gasteiger partial charge in [-0.15, -0.1) is 11.3 Å². The Balaban J connectivity index is 0.000000418. The minimum absolute atomic E-state index is 0.0285. The number of nitrogens with two attached hydrogens (primary N) is 2. The summed E-state index contributed by atoms with van der Waals surface area (Å²) in [4.78, 5) is 16.6. The second kappa shape index (κ2) is 14.6. The maximum absolute atomic E-state index is 16.7. The number of nitrogens with zero attached hydrogens (tertiary/aromatic N) is 6. The number of methoxy groups -OCH3 is 1. The summed E-state index contributed by atoms with van der Waals surface area (Å²) >= 11 is 7.75. The number of hydrogen-bond acceptors (Lipinski definition) is 11. The molecule has 0 bridgehead atoms. The lowest BCUT2D eigenvalue weighted by Crippen LogP contribution is -2.42. The van der Waals surface area contributed by atoms with Crippen molar-refractivity contribution in [3.63, 3.8) is 0 Å². The van der Waals surface area contributed by atoms with E-state index in [4.69, 9.17) is 32.5 Å². The summed E-state index contributed by atoms with van der Waals surface area (Å²) in [5, 5.41) is 9.80. The molecule has 2 aromatic carbocycles. The Morgan fingerprint density at radius 1 is 1.19 bits per heavy atom. The standard InChI is InChI=1S/C29H22ClF4N7O2S.C7H12FN/c1-41-16(13(8-17(32)33)11-4-3-7-38-26(11)36)10-43-24-20-23(39-29(42-2)40-28(20)41)22(34)19(21(24)30)12-5-6-15(31)25-18(12)14(9-35)27(37)44-25;8-6-4-7-2-1-3-9(7)5-6/h3-7,13,16-17H,8,10,37H2,1-2H3,(H2,36,38);6-7H,1-5H2/t13-,16?;/m1./s1. The van der Waals surface area contributed by atoms with Gasteiger partial charge >= 0.3 is 6.01 Å². The van der Waals surface area contributed by atoms with Crippen molar-refractivity contribution < 1.29 is 31.4 Å². The summed E-state index contributed by atoms with van der Waals surface area (Å²) in [7, 11) is 2.90. The number of anilines is 3. The zero-order valence-corrected chi connectivity index (χ0v) is 30.1. The number of benzene rings is 2. The van der Waals surface area contributed by atoms with Crippen LogP contribution in [0.2, 0.25) is 5.02 Å². The van der Waals surface area contributed by atoms with E-state index in [0.717, 1.165) is 30.4 Å². The molecule has 6 heterocycles. The number of nitrogen functional groups attached to an aromatic ring is 2. The van der Waals surface area contributed by atoms with Crippen LogP contribution < -0.4 is 25.8 Å². The molecule has 4 N–H and O–H groups in total. The van der Waals surface area contributed by atoms with E-state index in [-0.39, 0.29) is 77.7 Å². The van der Waals surface area contributed by atoms with E-state index in [1.54, 1.807) is 24.1 Å². The van der Waals surface area contributed by atoms with Crippen molar-refractivity contribution in [2.75, 3.05) is 50.2 Å². The van der Waals surface area contributed by atoms with Crippen molar-refractivity contribution in [2.24, 2.45) is 0 Å². The topological polar surface area (TPSA) is 139 Å². The molecule has 2 saturated heterocycles. The van der Waals surface area contributed by atoms with Gasteiger partial charge in [-0.05, 0) is 49.1 Å². The number of rotatable bonds is 6. The molecule has 0 spiro atoms. The second-order valence-corrected chi connectivity index (χ2v) is 14.6. The summed E-state index contributed by atoms with van der Waals surface area (Å²) in [6.07, 6.45) is 0.968. The van der Waals surface area contributed by atoms with Gasteiger partial charge in [-0.1, -0.05) is 23.7 Å². The molecular formula is C36H34ClF5N8O2S. The van der Waals surface area contributed by atoms with Crippen LogP contribution in [0.25, 0.3) is 32.1 Å². The highest BCUT2D eigenvalue weighted by Crippen LogP contribution is 2.51. The highest BCUT2D eigenvalue weighted by atomic mass is 35.5. The average molecular weight is 773 g/mol. The van der Waals surface area contributed by atoms with Crippen LogP contribution in [0.5, 0.6) is 11.8 Å². The van der Waals surface area contributed by atoms with Gasteiger partial charge in [-0.25, -0.2) is 26.9 Å². The summed E-state index contributed by atoms with van der Waals surface area (Å²) in [5.41, 5.74) is 12.1. The summed E-state index contributed by atoms with van der Waals surface area (Å²) in [6.45, 7) is 1.66. The lowest BCUT2D eigenvalue weighted by Gasteiger charge is -2.34. The Morgan fingerprint density at radius 2 is 1.98 bits per heavy atom. The maximum atomic E-state index is 16.7. The predicted octanol–water partition coefficient (Wildman–Crippen LogP) is 7.71. The first kappa shape index (κ1) is 36.6. The number of aromatic nitrogens is 3. The Kier molecular flexibility index (Phi) is 10.1. The van der Waals surface area contributed by atoms with Crippen molar-refractivity contribution in [2.45, 2.75) is 56.3 Å². The van der Waals surface area contributed by atoms with E-state index < -0.39 is 42.6 Å². The maximum Gasteiger partial charge on any atom is 0.318 e. The third kappa shape index (κ3) is 6.48. The van der Waals surface area contributed by atoms with Gasteiger partial charge in [0.15, 0.2) is 11.6 Å². The number of pyridine rings is 1. The van der Waals surface area contributed by atoms with E-state index in [2.05, 4.69) is 19.9 Å². The molecule has 8 rings (SSSR count). The average Bonchev–Trinajstić information content (AvgIpc) is 3.79. The molecule has 17 heteroatoms. The smallest absolute Gasteiger partial charge is 0.318 e. The third-order valence-corrected chi connectivity index (χ3v) is 11.6. The molecule has 53 heavy (non-hydrogen) atoms. The summed E-state index contributed by atoms with van der Waals surface area (Å²) < 4.78 is 83.6. The molecule has 5 aromatic rings. The van der Waals surface area contributed by atoms with E-state index >= 15 is 4.39 Å². The number of alkyl halides is 3. The molecule has 0 radical (unpaired) electrons. The fourth-order valence-corrected chi connectivity index (χ4v) is 9.02. The quantitative estimate of drug-likeness (QED) is 0.165. The van der Waals surface area contributed by atoms with E-state index in [0.29, 0.717) is 18.2 Å². The van der Waals surface area contributed by atoms with Gasteiger partial charge in [-0.3, -0.25) is 4.90 Å². The van der Waals surface area contributed by atoms with E-state index in [9.17, 15) is 22.8 Å².